The monoisotopic (exact) mass is 347 g/mol. The maximum atomic E-state index is 13.0. The number of rotatable bonds is 2. The van der Waals surface area contributed by atoms with Crippen molar-refractivity contribution >= 4 is 11.8 Å². The summed E-state index contributed by atoms with van der Waals surface area (Å²) >= 11 is 0. The van der Waals surface area contributed by atoms with E-state index in [1.165, 1.54) is 11.3 Å². The number of H-pyrrole nitrogens is 1. The summed E-state index contributed by atoms with van der Waals surface area (Å²) < 4.78 is 0. The summed E-state index contributed by atoms with van der Waals surface area (Å²) in [5.74, 6) is 0.198. The van der Waals surface area contributed by atoms with E-state index >= 15 is 0 Å². The minimum atomic E-state index is -0.226. The summed E-state index contributed by atoms with van der Waals surface area (Å²) in [6.45, 7) is 9.34. The first-order valence-corrected chi connectivity index (χ1v) is 9.07. The van der Waals surface area contributed by atoms with Gasteiger partial charge in [0.1, 0.15) is 6.04 Å². The van der Waals surface area contributed by atoms with Gasteiger partial charge in [-0.15, -0.1) is 0 Å². The van der Waals surface area contributed by atoms with Gasteiger partial charge in [0.05, 0.1) is 6.20 Å². The molecule has 1 unspecified atom stereocenters. The number of aryl methyl sites for hydroxylation is 1. The summed E-state index contributed by atoms with van der Waals surface area (Å²) in [6, 6.07) is -0.226. The molecule has 7 nitrogen and oxygen atoms in total. The molecular formula is C18H29N5O2. The van der Waals surface area contributed by atoms with Crippen LogP contribution in [0, 0.1) is 6.92 Å². The Morgan fingerprint density at radius 1 is 1.20 bits per heavy atom. The molecule has 0 saturated carbocycles. The molecule has 1 atom stereocenters. The molecule has 1 N–H and O–H groups in total. The molecule has 7 heteroatoms. The molecule has 3 heterocycles. The molecule has 0 radical (unpaired) electrons. The van der Waals surface area contributed by atoms with Crippen LogP contribution in [0.2, 0.25) is 0 Å². The standard InChI is InChI=1S/C18H29N5O2/c1-13-11-19-20-16(13)18(3)5-7-22(8-6-18)17(25)15-12-23(14(2)24)10-9-21(15)4/h11,15H,5-10,12H2,1-4H3,(H,19,20). The number of carbonyl (C=O) groups is 2. The van der Waals surface area contributed by atoms with Crippen molar-refractivity contribution in [2.75, 3.05) is 39.8 Å². The average molecular weight is 347 g/mol. The van der Waals surface area contributed by atoms with Crippen LogP contribution in [0.1, 0.15) is 37.9 Å². The van der Waals surface area contributed by atoms with Crippen molar-refractivity contribution in [3.8, 4) is 0 Å². The number of carbonyl (C=O) groups excluding carboxylic acids is 2. The van der Waals surface area contributed by atoms with E-state index in [1.807, 2.05) is 18.1 Å². The van der Waals surface area contributed by atoms with Gasteiger partial charge in [-0.2, -0.15) is 5.10 Å². The van der Waals surface area contributed by atoms with Crippen molar-refractivity contribution in [3.05, 3.63) is 17.5 Å². The molecule has 3 rings (SSSR count). The molecule has 0 bridgehead atoms. The fraction of sp³-hybridized carbons (Fsp3) is 0.722. The molecule has 2 aliphatic rings. The summed E-state index contributed by atoms with van der Waals surface area (Å²) in [6.07, 6.45) is 3.72. The Kier molecular flexibility index (Phi) is 4.86. The highest BCUT2D eigenvalue weighted by Crippen LogP contribution is 2.35. The van der Waals surface area contributed by atoms with Crippen LogP contribution in [0.25, 0.3) is 0 Å². The number of nitrogens with one attached hydrogen (secondary N) is 1. The van der Waals surface area contributed by atoms with E-state index in [-0.39, 0.29) is 23.3 Å². The van der Waals surface area contributed by atoms with E-state index in [9.17, 15) is 9.59 Å². The number of aromatic amines is 1. The number of piperazine rings is 1. The van der Waals surface area contributed by atoms with Crippen LogP contribution in [0.3, 0.4) is 0 Å². The number of amides is 2. The number of likely N-dealkylation sites (tertiary alicyclic amines) is 1. The van der Waals surface area contributed by atoms with Gasteiger partial charge in [-0.25, -0.2) is 0 Å². The summed E-state index contributed by atoms with van der Waals surface area (Å²) in [4.78, 5) is 30.5. The van der Waals surface area contributed by atoms with Crippen LogP contribution in [0.15, 0.2) is 6.20 Å². The molecule has 138 valence electrons. The van der Waals surface area contributed by atoms with E-state index in [4.69, 9.17) is 0 Å². The van der Waals surface area contributed by atoms with Crippen molar-refractivity contribution in [1.82, 2.24) is 24.9 Å². The van der Waals surface area contributed by atoms with Gasteiger partial charge in [-0.1, -0.05) is 6.92 Å². The highest BCUT2D eigenvalue weighted by Gasteiger charge is 2.39. The summed E-state index contributed by atoms with van der Waals surface area (Å²) in [5, 5.41) is 7.30. The topological polar surface area (TPSA) is 72.5 Å². The fourth-order valence-electron chi connectivity index (χ4n) is 4.07. The lowest BCUT2D eigenvalue weighted by molar-refractivity contribution is -0.143. The predicted molar refractivity (Wildman–Crippen MR) is 95.2 cm³/mol. The molecule has 0 spiro atoms. The maximum absolute atomic E-state index is 13.0. The SMILES string of the molecule is CC(=O)N1CCN(C)C(C(=O)N2CCC(C)(c3[nH]ncc3C)CC2)C1. The molecule has 2 fully saturated rings. The predicted octanol–water partition coefficient (Wildman–Crippen LogP) is 0.761. The number of hydrogen-bond acceptors (Lipinski definition) is 4. The third-order valence-electron chi connectivity index (χ3n) is 5.99. The zero-order valence-electron chi connectivity index (χ0n) is 15.7. The van der Waals surface area contributed by atoms with Crippen molar-refractivity contribution in [3.63, 3.8) is 0 Å². The lowest BCUT2D eigenvalue weighted by atomic mass is 9.76. The Balaban J connectivity index is 1.65. The van der Waals surface area contributed by atoms with Crippen LogP contribution in [0.4, 0.5) is 0 Å². The first kappa shape index (κ1) is 17.9. The molecule has 2 aliphatic heterocycles. The van der Waals surface area contributed by atoms with Crippen molar-refractivity contribution in [1.29, 1.82) is 0 Å². The molecule has 2 amide bonds. The molecule has 1 aromatic rings. The number of hydrogen-bond donors (Lipinski definition) is 1. The van der Waals surface area contributed by atoms with E-state index < -0.39 is 0 Å². The van der Waals surface area contributed by atoms with E-state index in [1.54, 1.807) is 11.8 Å². The van der Waals surface area contributed by atoms with Crippen molar-refractivity contribution < 1.29 is 9.59 Å². The van der Waals surface area contributed by atoms with E-state index in [2.05, 4.69) is 28.9 Å². The van der Waals surface area contributed by atoms with Gasteiger partial charge in [-0.05, 0) is 32.4 Å². The summed E-state index contributed by atoms with van der Waals surface area (Å²) in [5.41, 5.74) is 2.42. The van der Waals surface area contributed by atoms with Crippen LogP contribution < -0.4 is 0 Å². The Labute approximate surface area is 149 Å². The zero-order chi connectivity index (χ0) is 18.2. The van der Waals surface area contributed by atoms with E-state index in [0.717, 1.165) is 32.5 Å². The second-order valence-corrected chi connectivity index (χ2v) is 7.78. The van der Waals surface area contributed by atoms with Gasteiger partial charge in [0.25, 0.3) is 0 Å². The normalized spacial score (nSPS) is 24.4. The van der Waals surface area contributed by atoms with Gasteiger partial charge in [0.2, 0.25) is 11.8 Å². The van der Waals surface area contributed by atoms with Gasteiger partial charge < -0.3 is 9.80 Å². The highest BCUT2D eigenvalue weighted by molar-refractivity contribution is 5.83. The smallest absolute Gasteiger partial charge is 0.241 e. The van der Waals surface area contributed by atoms with Crippen LogP contribution in [-0.2, 0) is 15.0 Å². The van der Waals surface area contributed by atoms with E-state index in [0.29, 0.717) is 13.1 Å². The van der Waals surface area contributed by atoms with Crippen molar-refractivity contribution in [2.45, 2.75) is 45.1 Å². The Morgan fingerprint density at radius 2 is 1.88 bits per heavy atom. The quantitative estimate of drug-likeness (QED) is 0.857. The molecule has 0 aromatic carbocycles. The average Bonchev–Trinajstić information content (AvgIpc) is 3.02. The molecule has 0 aliphatic carbocycles. The maximum Gasteiger partial charge on any atom is 0.241 e. The number of aromatic nitrogens is 2. The van der Waals surface area contributed by atoms with Gasteiger partial charge in [0.15, 0.2) is 0 Å². The first-order valence-electron chi connectivity index (χ1n) is 9.07. The lowest BCUT2D eigenvalue weighted by Crippen LogP contribution is -2.60. The van der Waals surface area contributed by atoms with Crippen LogP contribution in [-0.4, -0.2) is 82.5 Å². The molecule has 25 heavy (non-hydrogen) atoms. The minimum absolute atomic E-state index is 0.0429. The first-order chi connectivity index (χ1) is 11.8. The third kappa shape index (κ3) is 3.42. The number of piperidine rings is 1. The van der Waals surface area contributed by atoms with Gasteiger partial charge in [0, 0.05) is 50.8 Å². The van der Waals surface area contributed by atoms with Crippen LogP contribution >= 0.6 is 0 Å². The second kappa shape index (κ2) is 6.78. The molecule has 2 saturated heterocycles. The molecule has 1 aromatic heterocycles. The molecular weight excluding hydrogens is 318 g/mol. The lowest BCUT2D eigenvalue weighted by Gasteiger charge is -2.44. The van der Waals surface area contributed by atoms with Gasteiger partial charge >= 0.3 is 0 Å². The fourth-order valence-corrected chi connectivity index (χ4v) is 4.07. The van der Waals surface area contributed by atoms with Crippen molar-refractivity contribution in [2.24, 2.45) is 0 Å². The summed E-state index contributed by atoms with van der Waals surface area (Å²) in [7, 11) is 1.97. The Morgan fingerprint density at radius 3 is 2.44 bits per heavy atom. The zero-order valence-corrected chi connectivity index (χ0v) is 15.7. The van der Waals surface area contributed by atoms with Crippen LogP contribution in [0.5, 0.6) is 0 Å². The Hall–Kier alpha value is -1.89. The second-order valence-electron chi connectivity index (χ2n) is 7.78. The van der Waals surface area contributed by atoms with Gasteiger partial charge in [-0.3, -0.25) is 19.6 Å². The number of nitrogens with zero attached hydrogens (tertiary/aromatic N) is 4. The third-order valence-corrected chi connectivity index (χ3v) is 5.99. The number of likely N-dealkylation sites (N-methyl/N-ethyl adjacent to an activating group) is 1. The highest BCUT2D eigenvalue weighted by atomic mass is 16.2. The Bertz CT molecular complexity index is 648. The minimum Gasteiger partial charge on any atom is -0.341 e. The largest absolute Gasteiger partial charge is 0.341 e.